The van der Waals surface area contributed by atoms with Crippen LogP contribution >= 0.6 is 0 Å². The molecule has 6 saturated carbocycles. The zero-order chi connectivity index (χ0) is 36.3. The van der Waals surface area contributed by atoms with E-state index in [9.17, 15) is 0 Å². The van der Waals surface area contributed by atoms with Crippen molar-refractivity contribution in [2.45, 2.75) is 211 Å². The van der Waals surface area contributed by atoms with Gasteiger partial charge in [0.25, 0.3) is 0 Å². The van der Waals surface area contributed by atoms with Crippen LogP contribution in [0.15, 0.2) is 15.0 Å². The zero-order valence-electron chi connectivity index (χ0n) is 34.7. The molecular weight excluding hydrogens is 769 g/mol. The van der Waals surface area contributed by atoms with Gasteiger partial charge in [0.1, 0.15) is 0 Å². The SMILES string of the molecule is CC[N-]C(=NC)N(C1CCCC1)C1CCCC1.CC[N-]C(=NC)N(C1CCCC1)C1CCCC1.CC[N-]C(=NC)N(C1CCCC1)C1CCCC1.[La+3]. The third-order valence-corrected chi connectivity index (χ3v) is 12.5. The molecule has 10 heteroatoms. The first-order valence-electron chi connectivity index (χ1n) is 21.9. The van der Waals surface area contributed by atoms with Gasteiger partial charge in [0.15, 0.2) is 0 Å². The van der Waals surface area contributed by atoms with Gasteiger partial charge in [-0.2, -0.15) is 0 Å². The van der Waals surface area contributed by atoms with Crippen LogP contribution in [0.3, 0.4) is 0 Å². The van der Waals surface area contributed by atoms with E-state index in [0.717, 1.165) is 37.5 Å². The molecule has 0 aromatic heterocycles. The Hall–Kier alpha value is -0.995. The summed E-state index contributed by atoms with van der Waals surface area (Å²) in [7, 11) is 5.68. The fourth-order valence-corrected chi connectivity index (χ4v) is 10.2. The predicted molar refractivity (Wildman–Crippen MR) is 221 cm³/mol. The van der Waals surface area contributed by atoms with Gasteiger partial charge in [0, 0.05) is 17.9 Å². The van der Waals surface area contributed by atoms with Gasteiger partial charge < -0.3 is 45.6 Å². The number of aliphatic imine (C=N–C) groups is 3. The third-order valence-electron chi connectivity index (χ3n) is 12.5. The van der Waals surface area contributed by atoms with E-state index in [1.54, 1.807) is 0 Å². The molecule has 52 heavy (non-hydrogen) atoms. The van der Waals surface area contributed by atoms with E-state index >= 15 is 0 Å². The molecule has 0 aromatic rings. The normalized spacial score (nSPS) is 22.8. The third kappa shape index (κ3) is 13.3. The van der Waals surface area contributed by atoms with Gasteiger partial charge >= 0.3 is 35.6 Å². The molecule has 6 rings (SSSR count). The molecule has 0 saturated heterocycles. The average molecular weight is 848 g/mol. The number of rotatable bonds is 9. The maximum absolute atomic E-state index is 4.61. The second-order valence-corrected chi connectivity index (χ2v) is 15.8. The van der Waals surface area contributed by atoms with Crippen molar-refractivity contribution in [1.82, 2.24) is 14.7 Å². The van der Waals surface area contributed by atoms with Gasteiger partial charge in [0.05, 0.1) is 0 Å². The molecule has 0 bridgehead atoms. The number of hydrogen-bond donors (Lipinski definition) is 0. The molecule has 294 valence electrons. The Bertz CT molecular complexity index is 838. The second kappa shape index (κ2) is 26.0. The van der Waals surface area contributed by atoms with Crippen molar-refractivity contribution in [3.8, 4) is 0 Å². The van der Waals surface area contributed by atoms with Crippen LogP contribution in [-0.4, -0.2) is 110 Å². The summed E-state index contributed by atoms with van der Waals surface area (Å²) in [6, 6.07) is 4.29. The summed E-state index contributed by atoms with van der Waals surface area (Å²) in [5, 5.41) is 13.8. The van der Waals surface area contributed by atoms with Gasteiger partial charge in [-0.3, -0.25) is 0 Å². The minimum Gasteiger partial charge on any atom is -0.420 e. The minimum absolute atomic E-state index is 0. The summed E-state index contributed by atoms with van der Waals surface area (Å²) < 4.78 is 0. The molecule has 0 spiro atoms. The first kappa shape index (κ1) is 45.4. The summed E-state index contributed by atoms with van der Waals surface area (Å²) in [5.41, 5.74) is 0. The number of hydrogen-bond acceptors (Lipinski definition) is 3. The van der Waals surface area contributed by atoms with Crippen LogP contribution in [0.25, 0.3) is 16.0 Å². The summed E-state index contributed by atoms with van der Waals surface area (Å²) >= 11 is 0. The molecule has 0 radical (unpaired) electrons. The van der Waals surface area contributed by atoms with Crippen molar-refractivity contribution < 1.29 is 35.6 Å². The Balaban J connectivity index is 0.000000208. The Morgan fingerprint density at radius 2 is 0.519 bits per heavy atom. The summed E-state index contributed by atoms with van der Waals surface area (Å²) in [4.78, 5) is 21.0. The van der Waals surface area contributed by atoms with Crippen molar-refractivity contribution in [3.63, 3.8) is 0 Å². The number of nitrogens with zero attached hydrogens (tertiary/aromatic N) is 9. The average Bonchev–Trinajstić information content (AvgIpc) is 4.00. The largest absolute Gasteiger partial charge is 3.00 e. The molecule has 6 fully saturated rings. The van der Waals surface area contributed by atoms with Crippen LogP contribution in [0.5, 0.6) is 0 Å². The van der Waals surface area contributed by atoms with E-state index < -0.39 is 0 Å². The quantitative estimate of drug-likeness (QED) is 0.171. The molecule has 6 aliphatic rings. The maximum atomic E-state index is 4.61. The van der Waals surface area contributed by atoms with E-state index in [0.29, 0.717) is 36.3 Å². The summed E-state index contributed by atoms with van der Waals surface area (Å²) in [5.74, 6) is 3.06. The predicted octanol–water partition coefficient (Wildman–Crippen LogP) is 10.7. The molecule has 0 heterocycles. The fraction of sp³-hybridized carbons (Fsp3) is 0.929. The second-order valence-electron chi connectivity index (χ2n) is 15.8. The maximum Gasteiger partial charge on any atom is 3.00 e. The van der Waals surface area contributed by atoms with Gasteiger partial charge in [-0.1, -0.05) is 97.8 Å². The molecule has 9 nitrogen and oxygen atoms in total. The van der Waals surface area contributed by atoms with Crippen molar-refractivity contribution in [3.05, 3.63) is 16.0 Å². The molecular formula is C42H78LaN9. The molecule has 0 unspecified atom stereocenters. The topological polar surface area (TPSA) is 89.1 Å². The molecule has 0 N–H and O–H groups in total. The number of guanidine groups is 3. The van der Waals surface area contributed by atoms with Gasteiger partial charge in [-0.15, -0.1) is 0 Å². The Morgan fingerprint density at radius 1 is 0.365 bits per heavy atom. The van der Waals surface area contributed by atoms with Gasteiger partial charge in [0.2, 0.25) is 0 Å². The van der Waals surface area contributed by atoms with E-state index in [-0.39, 0.29) is 35.6 Å². The monoisotopic (exact) mass is 848 g/mol. The minimum atomic E-state index is 0. The Morgan fingerprint density at radius 3 is 0.635 bits per heavy atom. The first-order chi connectivity index (χ1) is 25.1. The summed E-state index contributed by atoms with van der Waals surface area (Å²) in [6.07, 6.45) is 32.7. The Kier molecular flexibility index (Phi) is 22.7. The molecule has 0 amide bonds. The molecule has 0 aliphatic heterocycles. The van der Waals surface area contributed by atoms with Crippen molar-refractivity contribution >= 4 is 17.9 Å². The van der Waals surface area contributed by atoms with Crippen molar-refractivity contribution in [2.24, 2.45) is 15.0 Å². The first-order valence-corrected chi connectivity index (χ1v) is 21.9. The van der Waals surface area contributed by atoms with E-state index in [4.69, 9.17) is 0 Å². The van der Waals surface area contributed by atoms with Crippen LogP contribution in [-0.2, 0) is 0 Å². The van der Waals surface area contributed by atoms with Crippen LogP contribution in [0, 0.1) is 35.6 Å². The van der Waals surface area contributed by atoms with Crippen LogP contribution in [0.2, 0.25) is 0 Å². The molecule has 0 atom stereocenters. The van der Waals surface area contributed by atoms with E-state index in [2.05, 4.69) is 66.4 Å². The van der Waals surface area contributed by atoms with E-state index in [1.165, 1.54) is 154 Å². The van der Waals surface area contributed by atoms with Crippen molar-refractivity contribution in [2.75, 3.05) is 40.8 Å². The zero-order valence-corrected chi connectivity index (χ0v) is 38.3. The van der Waals surface area contributed by atoms with Crippen LogP contribution in [0.4, 0.5) is 0 Å². The molecule has 0 aromatic carbocycles. The van der Waals surface area contributed by atoms with Crippen LogP contribution in [0.1, 0.15) is 175 Å². The van der Waals surface area contributed by atoms with E-state index in [1.807, 2.05) is 21.1 Å². The standard InChI is InChI=1S/3C14H26N3.La/c3*1-3-16-14(15-2)17(12-8-4-5-9-12)13-10-6-7-11-13;/h3*12-13H,3-11H2,1-2H3;/q3*-1;+3. The Labute approximate surface area is 348 Å². The van der Waals surface area contributed by atoms with Gasteiger partial charge in [-0.25, -0.2) is 0 Å². The molecule has 6 aliphatic carbocycles. The van der Waals surface area contributed by atoms with Crippen LogP contribution < -0.4 is 0 Å². The van der Waals surface area contributed by atoms with Crippen molar-refractivity contribution in [1.29, 1.82) is 0 Å². The smallest absolute Gasteiger partial charge is 0.420 e. The summed E-state index contributed by atoms with van der Waals surface area (Å²) in [6.45, 7) is 8.86. The fourth-order valence-electron chi connectivity index (χ4n) is 10.2. The van der Waals surface area contributed by atoms with Gasteiger partial charge in [-0.05, 0) is 154 Å².